The molecule has 0 saturated heterocycles. The monoisotopic (exact) mass is 237 g/mol. The van der Waals surface area contributed by atoms with E-state index in [9.17, 15) is 14.4 Å². The highest BCUT2D eigenvalue weighted by atomic mass is 16.1. The molecule has 1 heterocycles. The van der Waals surface area contributed by atoms with Crippen molar-refractivity contribution >= 4 is 17.9 Å². The number of rotatable bonds is 1. The summed E-state index contributed by atoms with van der Waals surface area (Å²) >= 11 is 0. The van der Waals surface area contributed by atoms with Crippen molar-refractivity contribution in [2.75, 3.05) is 0 Å². The minimum absolute atomic E-state index is 0.147. The molecule has 0 aliphatic heterocycles. The number of aldehydes is 1. The predicted molar refractivity (Wildman–Crippen MR) is 62.9 cm³/mol. The Morgan fingerprint density at radius 2 is 1.50 bits per heavy atom. The number of carbonyl (C=O) groups excluding carboxylic acids is 3. The highest BCUT2D eigenvalue weighted by molar-refractivity contribution is 6.28. The molecular weight excluding hydrogens is 230 g/mol. The predicted octanol–water partition coefficient (Wildman–Crippen LogP) is 1.67. The van der Waals surface area contributed by atoms with Crippen LogP contribution in [0.1, 0.15) is 42.3 Å². The largest absolute Gasteiger partial charge is 0.296 e. The first kappa shape index (κ1) is 10.5. The molecule has 86 valence electrons. The van der Waals surface area contributed by atoms with Gasteiger partial charge >= 0.3 is 0 Å². The lowest BCUT2D eigenvalue weighted by Gasteiger charge is -2.16. The van der Waals surface area contributed by atoms with Crippen molar-refractivity contribution in [1.82, 2.24) is 4.98 Å². The normalized spacial score (nSPS) is 12.9. The number of ketones is 2. The summed E-state index contributed by atoms with van der Waals surface area (Å²) in [4.78, 5) is 38.9. The number of hydrogen-bond donors (Lipinski definition) is 0. The summed E-state index contributed by atoms with van der Waals surface area (Å²) in [5.74, 6) is -0.476. The molecule has 18 heavy (non-hydrogen) atoms. The summed E-state index contributed by atoms with van der Waals surface area (Å²) in [5.41, 5.74) is 1.41. The Labute approximate surface area is 102 Å². The number of carbonyl (C=O) groups is 3. The second-order valence-electron chi connectivity index (χ2n) is 3.98. The van der Waals surface area contributed by atoms with Crippen molar-refractivity contribution in [1.29, 1.82) is 0 Å². The van der Waals surface area contributed by atoms with E-state index in [0.29, 0.717) is 17.4 Å². The van der Waals surface area contributed by atoms with Gasteiger partial charge in [0.1, 0.15) is 5.69 Å². The number of hydrogen-bond acceptors (Lipinski definition) is 4. The lowest BCUT2D eigenvalue weighted by molar-refractivity contribution is 0.0978. The van der Waals surface area contributed by atoms with Gasteiger partial charge in [0.15, 0.2) is 17.9 Å². The van der Waals surface area contributed by atoms with Gasteiger partial charge < -0.3 is 0 Å². The molecule has 0 fully saturated rings. The topological polar surface area (TPSA) is 64.1 Å². The number of aromatic nitrogens is 1. The molecule has 1 aromatic heterocycles. The Morgan fingerprint density at radius 1 is 0.889 bits per heavy atom. The van der Waals surface area contributed by atoms with Gasteiger partial charge in [-0.15, -0.1) is 0 Å². The summed E-state index contributed by atoms with van der Waals surface area (Å²) in [6.07, 6.45) is 1.84. The van der Waals surface area contributed by atoms with Crippen LogP contribution in [0.25, 0.3) is 0 Å². The van der Waals surface area contributed by atoms with E-state index in [0.717, 1.165) is 0 Å². The van der Waals surface area contributed by atoms with Crippen LogP contribution in [0.4, 0.5) is 0 Å². The molecular formula is C14H7NO3. The maximum Gasteiger partial charge on any atom is 0.196 e. The molecule has 0 N–H and O–H groups in total. The quantitative estimate of drug-likeness (QED) is 0.604. The van der Waals surface area contributed by atoms with E-state index in [1.807, 2.05) is 0 Å². The molecule has 1 aliphatic rings. The maximum absolute atomic E-state index is 12.2. The minimum atomic E-state index is -0.245. The molecule has 1 aliphatic carbocycles. The highest BCUT2D eigenvalue weighted by Gasteiger charge is 2.29. The van der Waals surface area contributed by atoms with Gasteiger partial charge in [0.25, 0.3) is 0 Å². The van der Waals surface area contributed by atoms with Gasteiger partial charge in [-0.1, -0.05) is 24.3 Å². The fraction of sp³-hybridized carbons (Fsp3) is 0. The molecule has 0 atom stereocenters. The Kier molecular flexibility index (Phi) is 2.16. The molecule has 0 spiro atoms. The summed E-state index contributed by atoms with van der Waals surface area (Å²) < 4.78 is 0. The lowest BCUT2D eigenvalue weighted by atomic mass is 9.85. The first-order chi connectivity index (χ1) is 8.72. The first-order valence-corrected chi connectivity index (χ1v) is 5.36. The molecule has 0 bridgehead atoms. The first-order valence-electron chi connectivity index (χ1n) is 5.36. The van der Waals surface area contributed by atoms with E-state index in [-0.39, 0.29) is 28.4 Å². The number of benzene rings is 1. The Balaban J connectivity index is 2.30. The molecule has 0 amide bonds. The average Bonchev–Trinajstić information content (AvgIpc) is 2.44. The van der Waals surface area contributed by atoms with E-state index >= 15 is 0 Å². The SMILES string of the molecule is O=Cc1cc2c(cn1)C(=O)c1ccccc1C2=O. The fourth-order valence-corrected chi connectivity index (χ4v) is 2.07. The third-order valence-corrected chi connectivity index (χ3v) is 2.95. The van der Waals surface area contributed by atoms with E-state index < -0.39 is 0 Å². The van der Waals surface area contributed by atoms with Crippen molar-refractivity contribution in [3.8, 4) is 0 Å². The van der Waals surface area contributed by atoms with E-state index in [1.165, 1.54) is 12.3 Å². The molecule has 3 rings (SSSR count). The van der Waals surface area contributed by atoms with Gasteiger partial charge in [0.2, 0.25) is 0 Å². The zero-order valence-electron chi connectivity index (χ0n) is 9.21. The molecule has 0 saturated carbocycles. The molecule has 0 unspecified atom stereocenters. The van der Waals surface area contributed by atoms with E-state index in [2.05, 4.69) is 4.98 Å². The molecule has 4 heteroatoms. The van der Waals surface area contributed by atoms with Crippen LogP contribution < -0.4 is 0 Å². The Morgan fingerprint density at radius 3 is 2.11 bits per heavy atom. The zero-order chi connectivity index (χ0) is 12.7. The van der Waals surface area contributed by atoms with Crippen molar-refractivity contribution in [2.24, 2.45) is 0 Å². The minimum Gasteiger partial charge on any atom is -0.296 e. The standard InChI is InChI=1S/C14H7NO3/c16-7-8-5-11-12(6-15-8)14(18)10-4-2-1-3-9(10)13(11)17/h1-7H. The van der Waals surface area contributed by atoms with Crippen molar-refractivity contribution in [3.63, 3.8) is 0 Å². The molecule has 4 nitrogen and oxygen atoms in total. The van der Waals surface area contributed by atoms with Crippen LogP contribution in [0.3, 0.4) is 0 Å². The van der Waals surface area contributed by atoms with Crippen LogP contribution in [0.2, 0.25) is 0 Å². The van der Waals surface area contributed by atoms with Crippen LogP contribution in [0.15, 0.2) is 36.5 Å². The molecule has 0 radical (unpaired) electrons. The van der Waals surface area contributed by atoms with Gasteiger partial charge in [-0.2, -0.15) is 0 Å². The molecule has 2 aromatic rings. The average molecular weight is 237 g/mol. The van der Waals surface area contributed by atoms with Crippen LogP contribution in [0, 0.1) is 0 Å². The fourth-order valence-electron chi connectivity index (χ4n) is 2.07. The van der Waals surface area contributed by atoms with Gasteiger partial charge in [0, 0.05) is 22.9 Å². The lowest BCUT2D eigenvalue weighted by Crippen LogP contribution is -2.21. The maximum atomic E-state index is 12.2. The number of nitrogens with zero attached hydrogens (tertiary/aromatic N) is 1. The van der Waals surface area contributed by atoms with Gasteiger partial charge in [-0.05, 0) is 6.07 Å². The highest BCUT2D eigenvalue weighted by Crippen LogP contribution is 2.26. The van der Waals surface area contributed by atoms with Crippen LogP contribution >= 0.6 is 0 Å². The van der Waals surface area contributed by atoms with Crippen molar-refractivity contribution < 1.29 is 14.4 Å². The smallest absolute Gasteiger partial charge is 0.196 e. The van der Waals surface area contributed by atoms with Gasteiger partial charge in [0.05, 0.1) is 5.56 Å². The van der Waals surface area contributed by atoms with Gasteiger partial charge in [-0.25, -0.2) is 0 Å². The van der Waals surface area contributed by atoms with Crippen LogP contribution in [-0.4, -0.2) is 22.8 Å². The third-order valence-electron chi connectivity index (χ3n) is 2.95. The Bertz CT molecular complexity index is 704. The van der Waals surface area contributed by atoms with E-state index in [4.69, 9.17) is 0 Å². The van der Waals surface area contributed by atoms with Gasteiger partial charge in [-0.3, -0.25) is 19.4 Å². The second kappa shape index (κ2) is 3.70. The van der Waals surface area contributed by atoms with Crippen molar-refractivity contribution in [3.05, 3.63) is 64.5 Å². The number of fused-ring (bicyclic) bond motifs is 2. The van der Waals surface area contributed by atoms with Crippen molar-refractivity contribution in [2.45, 2.75) is 0 Å². The Hall–Kier alpha value is -2.62. The summed E-state index contributed by atoms with van der Waals surface area (Å²) in [7, 11) is 0. The summed E-state index contributed by atoms with van der Waals surface area (Å²) in [5, 5.41) is 0. The zero-order valence-corrected chi connectivity index (χ0v) is 9.21. The molecule has 1 aromatic carbocycles. The summed E-state index contributed by atoms with van der Waals surface area (Å²) in [6, 6.07) is 8.00. The third kappa shape index (κ3) is 1.32. The van der Waals surface area contributed by atoms with Crippen LogP contribution in [-0.2, 0) is 0 Å². The number of pyridine rings is 1. The summed E-state index contributed by atoms with van der Waals surface area (Å²) in [6.45, 7) is 0. The second-order valence-corrected chi connectivity index (χ2v) is 3.98. The van der Waals surface area contributed by atoms with E-state index in [1.54, 1.807) is 24.3 Å². The van der Waals surface area contributed by atoms with Crippen LogP contribution in [0.5, 0.6) is 0 Å².